The molecule has 0 aromatic heterocycles. The molecule has 2 heterocycles. The molecule has 27 heavy (non-hydrogen) atoms. The summed E-state index contributed by atoms with van der Waals surface area (Å²) < 4.78 is 41.4. The Hall–Kier alpha value is 0.272. The van der Waals surface area contributed by atoms with Crippen molar-refractivity contribution in [3.8, 4) is 0 Å². The number of epoxide rings is 1. The second-order valence-corrected chi connectivity index (χ2v) is 15.8. The van der Waals surface area contributed by atoms with Gasteiger partial charge in [-0.1, -0.05) is 20.8 Å². The zero-order chi connectivity index (χ0) is 20.6. The van der Waals surface area contributed by atoms with E-state index in [0.717, 1.165) is 0 Å². The lowest BCUT2D eigenvalue weighted by molar-refractivity contribution is -0.0270. The molecule has 0 saturated carbocycles. The summed E-state index contributed by atoms with van der Waals surface area (Å²) in [6.45, 7) is 15.1. The van der Waals surface area contributed by atoms with Gasteiger partial charge in [0.1, 0.15) is 20.1 Å². The summed E-state index contributed by atoms with van der Waals surface area (Å²) in [4.78, 5) is 0. The molecule has 2 fully saturated rings. The third kappa shape index (κ3) is 5.25. The highest BCUT2D eigenvalue weighted by molar-refractivity contribution is 7.54. The van der Waals surface area contributed by atoms with Gasteiger partial charge in [0.15, 0.2) is 14.2 Å². The third-order valence-corrected chi connectivity index (χ3v) is 12.6. The molecule has 158 valence electrons. The summed E-state index contributed by atoms with van der Waals surface area (Å²) in [6.07, 6.45) is -1.37. The van der Waals surface area contributed by atoms with E-state index in [1.807, 2.05) is 7.85 Å². The van der Waals surface area contributed by atoms with Crippen LogP contribution in [0.3, 0.4) is 0 Å². The Labute approximate surface area is 165 Å². The Morgan fingerprint density at radius 2 is 1.78 bits per heavy atom. The van der Waals surface area contributed by atoms with Crippen LogP contribution in [0.15, 0.2) is 0 Å². The molecule has 0 radical (unpaired) electrons. The highest BCUT2D eigenvalue weighted by atomic mass is 31.2. The smallest absolute Gasteiger partial charge is 0.361 e. The van der Waals surface area contributed by atoms with Gasteiger partial charge in [0.25, 0.3) is 0 Å². The summed E-state index contributed by atoms with van der Waals surface area (Å²) >= 11 is 0. The van der Waals surface area contributed by atoms with Gasteiger partial charge in [-0.3, -0.25) is 4.57 Å². The Kier molecular flexibility index (Phi) is 7.47. The minimum Gasteiger partial charge on any atom is -0.412 e. The van der Waals surface area contributed by atoms with E-state index in [9.17, 15) is 9.67 Å². The van der Waals surface area contributed by atoms with Crippen LogP contribution in [0, 0.1) is 0 Å². The van der Waals surface area contributed by atoms with Gasteiger partial charge in [-0.05, 0) is 32.0 Å². The molecule has 0 aromatic carbocycles. The summed E-state index contributed by atoms with van der Waals surface area (Å²) in [7, 11) is -3.34. The molecule has 0 aromatic rings. The van der Waals surface area contributed by atoms with Crippen molar-refractivity contribution in [3.05, 3.63) is 0 Å². The average Bonchev–Trinajstić information content (AvgIpc) is 3.26. The minimum absolute atomic E-state index is 0.0617. The summed E-state index contributed by atoms with van der Waals surface area (Å²) in [5, 5.41) is 10.8. The van der Waals surface area contributed by atoms with Crippen LogP contribution in [0.4, 0.5) is 0 Å². The number of rotatable bonds is 9. The van der Waals surface area contributed by atoms with Crippen LogP contribution < -0.4 is 0 Å². The van der Waals surface area contributed by atoms with Crippen molar-refractivity contribution in [2.24, 2.45) is 0 Å². The number of aliphatic hydroxyl groups excluding tert-OH is 1. The number of hydrogen-bond donors (Lipinski definition) is 1. The molecule has 0 amide bonds. The molecule has 2 saturated heterocycles. The molecule has 1 N–H and O–H groups in total. The monoisotopic (exact) mass is 422 g/mol. The van der Waals surface area contributed by atoms with Gasteiger partial charge in [0.2, 0.25) is 0 Å². The van der Waals surface area contributed by atoms with Gasteiger partial charge in [-0.15, -0.1) is 0 Å². The Morgan fingerprint density at radius 3 is 2.26 bits per heavy atom. The lowest BCUT2D eigenvalue weighted by Gasteiger charge is -2.39. The third-order valence-electron chi connectivity index (χ3n) is 5.78. The molecule has 4 unspecified atom stereocenters. The predicted molar refractivity (Wildman–Crippen MR) is 109 cm³/mol. The van der Waals surface area contributed by atoms with Crippen molar-refractivity contribution >= 4 is 23.8 Å². The molecule has 0 bridgehead atoms. The van der Waals surface area contributed by atoms with E-state index in [0.29, 0.717) is 6.42 Å². The van der Waals surface area contributed by atoms with E-state index in [1.54, 1.807) is 13.8 Å². The van der Waals surface area contributed by atoms with Crippen molar-refractivity contribution in [1.29, 1.82) is 0 Å². The molecule has 7 nitrogen and oxygen atoms in total. The standard InChI is InChI=1S/C17H36BO7PSi/c1-8-21-26(20,22-9-2)16-14(24-16)13(19)11-10-12(15(18)23-11)25-27(6,7)17(3,4)5/h11-16,19H,8-10,18H2,1-7H3/t11-,12?,13?,14?,15+,16?/m0/s1. The van der Waals surface area contributed by atoms with Crippen LogP contribution in [0.25, 0.3) is 0 Å². The molecule has 2 rings (SSSR count). The van der Waals surface area contributed by atoms with Gasteiger partial charge in [-0.25, -0.2) is 0 Å². The maximum Gasteiger partial charge on any atom is 0.361 e. The minimum atomic E-state index is -3.38. The fourth-order valence-corrected chi connectivity index (χ4v) is 6.45. The predicted octanol–water partition coefficient (Wildman–Crippen LogP) is 2.48. The molecule has 0 spiro atoms. The summed E-state index contributed by atoms with van der Waals surface area (Å²) in [6, 6.07) is -0.110. The van der Waals surface area contributed by atoms with Crippen LogP contribution in [-0.2, 0) is 27.5 Å². The Bertz CT molecular complexity index is 546. The summed E-state index contributed by atoms with van der Waals surface area (Å²) in [5.74, 6) is -0.730. The number of hydrogen-bond acceptors (Lipinski definition) is 7. The molecular formula is C17H36BO7PSi. The van der Waals surface area contributed by atoms with Crippen LogP contribution in [-0.4, -0.2) is 70.7 Å². The zero-order valence-corrected chi connectivity index (χ0v) is 19.8. The van der Waals surface area contributed by atoms with Crippen molar-refractivity contribution in [2.45, 2.75) is 95.4 Å². The second-order valence-electron chi connectivity index (χ2n) is 8.89. The van der Waals surface area contributed by atoms with Gasteiger partial charge in [0.05, 0.1) is 25.4 Å². The SMILES string of the molecule is B[C@@H]1O[C@H](C(O)C2OC2P(=O)(OCC)OCC)CC1O[Si](C)(C)C(C)(C)C. The fraction of sp³-hybridized carbons (Fsp3) is 1.00. The van der Waals surface area contributed by atoms with Crippen LogP contribution >= 0.6 is 7.60 Å². The zero-order valence-electron chi connectivity index (χ0n) is 17.9. The second kappa shape index (κ2) is 8.56. The van der Waals surface area contributed by atoms with Crippen LogP contribution in [0.2, 0.25) is 18.1 Å². The maximum atomic E-state index is 12.8. The average molecular weight is 422 g/mol. The van der Waals surface area contributed by atoms with E-state index in [2.05, 4.69) is 33.9 Å². The van der Waals surface area contributed by atoms with E-state index in [4.69, 9.17) is 22.9 Å². The lowest BCUT2D eigenvalue weighted by Crippen LogP contribution is -2.46. The van der Waals surface area contributed by atoms with Gasteiger partial charge in [-0.2, -0.15) is 0 Å². The van der Waals surface area contributed by atoms with E-state index < -0.39 is 40.1 Å². The van der Waals surface area contributed by atoms with Crippen molar-refractivity contribution in [2.75, 3.05) is 13.2 Å². The largest absolute Gasteiger partial charge is 0.412 e. The van der Waals surface area contributed by atoms with E-state index >= 15 is 0 Å². The van der Waals surface area contributed by atoms with Crippen molar-refractivity contribution in [3.63, 3.8) is 0 Å². The number of ether oxygens (including phenoxy) is 2. The van der Waals surface area contributed by atoms with Gasteiger partial charge < -0.3 is 28.1 Å². The molecule has 0 aliphatic carbocycles. The first-order chi connectivity index (χ1) is 12.4. The van der Waals surface area contributed by atoms with E-state index in [-0.39, 0.29) is 30.4 Å². The summed E-state index contributed by atoms with van der Waals surface area (Å²) in [5.41, 5.74) is 0. The van der Waals surface area contributed by atoms with Crippen molar-refractivity contribution in [1.82, 2.24) is 0 Å². The first-order valence-electron chi connectivity index (χ1n) is 9.92. The number of aliphatic hydroxyl groups is 1. The van der Waals surface area contributed by atoms with Crippen LogP contribution in [0.5, 0.6) is 0 Å². The van der Waals surface area contributed by atoms with Crippen molar-refractivity contribution < 1.29 is 32.6 Å². The molecule has 10 heteroatoms. The first-order valence-corrected chi connectivity index (χ1v) is 14.4. The maximum absolute atomic E-state index is 12.8. The fourth-order valence-electron chi connectivity index (χ4n) is 3.13. The van der Waals surface area contributed by atoms with E-state index in [1.165, 1.54) is 0 Å². The lowest BCUT2D eigenvalue weighted by atomic mass is 9.94. The topological polar surface area (TPSA) is 86.8 Å². The first kappa shape index (κ1) is 23.5. The molecule has 2 aliphatic rings. The van der Waals surface area contributed by atoms with Crippen LogP contribution in [0.1, 0.15) is 41.0 Å². The molecular weight excluding hydrogens is 386 g/mol. The molecule has 6 atom stereocenters. The highest BCUT2D eigenvalue weighted by Crippen LogP contribution is 2.62. The normalized spacial score (nSPS) is 33.3. The Balaban J connectivity index is 1.97. The Morgan fingerprint density at radius 1 is 1.22 bits per heavy atom. The quantitative estimate of drug-likeness (QED) is 0.347. The van der Waals surface area contributed by atoms with Gasteiger partial charge >= 0.3 is 7.60 Å². The highest BCUT2D eigenvalue weighted by Gasteiger charge is 2.60. The molecule has 2 aliphatic heterocycles. The van der Waals surface area contributed by atoms with Gasteiger partial charge in [0, 0.05) is 12.4 Å².